The van der Waals surface area contributed by atoms with Crippen molar-refractivity contribution in [2.75, 3.05) is 52.4 Å². The fourth-order valence-corrected chi connectivity index (χ4v) is 3.10. The van der Waals surface area contributed by atoms with Gasteiger partial charge in [-0.1, -0.05) is 0 Å². The third-order valence-corrected chi connectivity index (χ3v) is 4.52. The molecule has 3 fully saturated rings. The van der Waals surface area contributed by atoms with E-state index in [9.17, 15) is 0 Å². The highest BCUT2D eigenvalue weighted by atomic mass is 16.5. The highest BCUT2D eigenvalue weighted by Gasteiger charge is 2.30. The summed E-state index contributed by atoms with van der Waals surface area (Å²) in [5.74, 6) is 0. The lowest BCUT2D eigenvalue weighted by atomic mass is 10.1. The first-order valence-corrected chi connectivity index (χ1v) is 7.70. The van der Waals surface area contributed by atoms with Crippen LogP contribution in [0.2, 0.25) is 0 Å². The molecule has 0 aromatic heterocycles. The van der Waals surface area contributed by atoms with Crippen LogP contribution in [0.3, 0.4) is 0 Å². The topological polar surface area (TPSA) is 27.7 Å². The molecule has 0 spiro atoms. The van der Waals surface area contributed by atoms with Crippen molar-refractivity contribution in [3.63, 3.8) is 0 Å². The minimum Gasteiger partial charge on any atom is -0.377 e. The molecule has 104 valence electrons. The highest BCUT2D eigenvalue weighted by molar-refractivity contribution is 4.87. The summed E-state index contributed by atoms with van der Waals surface area (Å²) in [4.78, 5) is 5.24. The van der Waals surface area contributed by atoms with Crippen molar-refractivity contribution in [1.82, 2.24) is 15.1 Å². The van der Waals surface area contributed by atoms with Crippen LogP contribution >= 0.6 is 0 Å². The molecule has 1 aliphatic carbocycles. The fraction of sp³-hybridized carbons (Fsp3) is 1.00. The maximum Gasteiger partial charge on any atom is 0.0600 e. The first kappa shape index (κ1) is 12.9. The van der Waals surface area contributed by atoms with Gasteiger partial charge in [0.15, 0.2) is 0 Å². The van der Waals surface area contributed by atoms with Gasteiger partial charge in [-0.2, -0.15) is 0 Å². The number of hydrogen-bond donors (Lipinski definition) is 1. The van der Waals surface area contributed by atoms with E-state index in [0.717, 1.165) is 32.3 Å². The summed E-state index contributed by atoms with van der Waals surface area (Å²) in [5.41, 5.74) is 0. The van der Waals surface area contributed by atoms with E-state index in [0.29, 0.717) is 6.10 Å². The van der Waals surface area contributed by atoms with E-state index in [4.69, 9.17) is 4.74 Å². The molecule has 4 heteroatoms. The molecule has 0 aromatic rings. The van der Waals surface area contributed by atoms with Gasteiger partial charge < -0.3 is 10.1 Å². The molecule has 3 aliphatic rings. The average molecular weight is 253 g/mol. The van der Waals surface area contributed by atoms with Crippen LogP contribution < -0.4 is 5.32 Å². The largest absolute Gasteiger partial charge is 0.377 e. The molecule has 0 aromatic carbocycles. The molecule has 0 radical (unpaired) electrons. The molecule has 2 heterocycles. The lowest BCUT2D eigenvalue weighted by Gasteiger charge is -2.35. The highest BCUT2D eigenvalue weighted by Crippen LogP contribution is 2.27. The van der Waals surface area contributed by atoms with Crippen molar-refractivity contribution < 1.29 is 4.74 Å². The second-order valence-electron chi connectivity index (χ2n) is 5.93. The Bertz CT molecular complexity index is 243. The number of rotatable bonds is 5. The van der Waals surface area contributed by atoms with Crippen molar-refractivity contribution in [2.24, 2.45) is 0 Å². The predicted octanol–water partition coefficient (Wildman–Crippen LogP) is 0.535. The minimum atomic E-state index is 0.513. The molecule has 4 nitrogen and oxygen atoms in total. The Kier molecular flexibility index (Phi) is 4.52. The zero-order chi connectivity index (χ0) is 12.2. The maximum absolute atomic E-state index is 5.98. The summed E-state index contributed by atoms with van der Waals surface area (Å²) < 4.78 is 5.98. The molecule has 1 N–H and O–H groups in total. The molecule has 2 aliphatic heterocycles. The molecule has 0 amide bonds. The molecule has 0 atom stereocenters. The van der Waals surface area contributed by atoms with Gasteiger partial charge in [-0.05, 0) is 38.8 Å². The third kappa shape index (κ3) is 3.67. The van der Waals surface area contributed by atoms with Crippen LogP contribution in [0.5, 0.6) is 0 Å². The quantitative estimate of drug-likeness (QED) is 0.774. The number of hydrogen-bond acceptors (Lipinski definition) is 4. The van der Waals surface area contributed by atoms with Gasteiger partial charge in [-0.15, -0.1) is 0 Å². The Labute approximate surface area is 111 Å². The van der Waals surface area contributed by atoms with E-state index in [1.807, 2.05) is 0 Å². The lowest BCUT2D eigenvalue weighted by molar-refractivity contribution is 0.0123. The number of ether oxygens (including phenoxy) is 1. The van der Waals surface area contributed by atoms with Gasteiger partial charge in [-0.3, -0.25) is 9.80 Å². The van der Waals surface area contributed by atoms with Gasteiger partial charge >= 0.3 is 0 Å². The zero-order valence-corrected chi connectivity index (χ0v) is 11.4. The van der Waals surface area contributed by atoms with Gasteiger partial charge in [0, 0.05) is 38.8 Å². The van der Waals surface area contributed by atoms with Gasteiger partial charge in [0.05, 0.1) is 12.7 Å². The van der Waals surface area contributed by atoms with Crippen molar-refractivity contribution >= 4 is 0 Å². The second-order valence-corrected chi connectivity index (χ2v) is 5.93. The molecule has 1 saturated carbocycles. The summed E-state index contributed by atoms with van der Waals surface area (Å²) in [6, 6.07) is 0.943. The third-order valence-electron chi connectivity index (χ3n) is 4.52. The van der Waals surface area contributed by atoms with E-state index in [1.165, 1.54) is 51.9 Å². The van der Waals surface area contributed by atoms with E-state index < -0.39 is 0 Å². The fourth-order valence-electron chi connectivity index (χ4n) is 3.10. The monoisotopic (exact) mass is 253 g/mol. The second kappa shape index (κ2) is 6.33. The van der Waals surface area contributed by atoms with Crippen molar-refractivity contribution in [3.8, 4) is 0 Å². The number of piperidine rings is 1. The summed E-state index contributed by atoms with van der Waals surface area (Å²) in [6.07, 6.45) is 5.78. The summed E-state index contributed by atoms with van der Waals surface area (Å²) >= 11 is 0. The van der Waals surface area contributed by atoms with E-state index in [1.54, 1.807) is 0 Å². The van der Waals surface area contributed by atoms with Gasteiger partial charge in [0.2, 0.25) is 0 Å². The molecule has 0 bridgehead atoms. The van der Waals surface area contributed by atoms with Crippen LogP contribution in [0, 0.1) is 0 Å². The molecule has 18 heavy (non-hydrogen) atoms. The number of nitrogens with zero attached hydrogens (tertiary/aromatic N) is 2. The SMILES string of the molecule is C1CC(OCCN2CCN(C3CC3)CC2)CCN1. The van der Waals surface area contributed by atoms with Crippen molar-refractivity contribution in [1.29, 1.82) is 0 Å². The van der Waals surface area contributed by atoms with E-state index in [-0.39, 0.29) is 0 Å². The predicted molar refractivity (Wildman–Crippen MR) is 72.9 cm³/mol. The Balaban J connectivity index is 1.27. The van der Waals surface area contributed by atoms with E-state index in [2.05, 4.69) is 15.1 Å². The molecule has 3 rings (SSSR count). The molecular weight excluding hydrogens is 226 g/mol. The summed E-state index contributed by atoms with van der Waals surface area (Å²) in [6.45, 7) is 9.35. The Morgan fingerprint density at radius 1 is 0.944 bits per heavy atom. The zero-order valence-electron chi connectivity index (χ0n) is 11.4. The van der Waals surface area contributed by atoms with Crippen LogP contribution in [0.4, 0.5) is 0 Å². The van der Waals surface area contributed by atoms with Crippen LogP contribution in [-0.4, -0.2) is 74.4 Å². The first-order chi connectivity index (χ1) is 8.92. The van der Waals surface area contributed by atoms with Crippen molar-refractivity contribution in [2.45, 2.75) is 37.8 Å². The van der Waals surface area contributed by atoms with E-state index >= 15 is 0 Å². The van der Waals surface area contributed by atoms with Crippen molar-refractivity contribution in [3.05, 3.63) is 0 Å². The molecule has 2 saturated heterocycles. The van der Waals surface area contributed by atoms with Crippen LogP contribution in [0.15, 0.2) is 0 Å². The standard InChI is InChI=1S/C14H27N3O/c1-2-13(1)17-9-7-16(8-10-17)11-12-18-14-3-5-15-6-4-14/h13-15H,1-12H2. The van der Waals surface area contributed by atoms with Gasteiger partial charge in [0.25, 0.3) is 0 Å². The molecule has 0 unspecified atom stereocenters. The van der Waals surface area contributed by atoms with Crippen LogP contribution in [0.25, 0.3) is 0 Å². The number of piperazine rings is 1. The summed E-state index contributed by atoms with van der Waals surface area (Å²) in [7, 11) is 0. The minimum absolute atomic E-state index is 0.513. The average Bonchev–Trinajstić information content (AvgIpc) is 3.25. The van der Waals surface area contributed by atoms with Crippen LogP contribution in [-0.2, 0) is 4.74 Å². The van der Waals surface area contributed by atoms with Crippen LogP contribution in [0.1, 0.15) is 25.7 Å². The Hall–Kier alpha value is -0.160. The normalized spacial score (nSPS) is 28.7. The Morgan fingerprint density at radius 2 is 1.67 bits per heavy atom. The smallest absolute Gasteiger partial charge is 0.0600 e. The number of nitrogens with one attached hydrogen (secondary N) is 1. The Morgan fingerprint density at radius 3 is 2.33 bits per heavy atom. The molecular formula is C14H27N3O. The lowest BCUT2D eigenvalue weighted by Crippen LogP contribution is -2.48. The van der Waals surface area contributed by atoms with Gasteiger partial charge in [-0.25, -0.2) is 0 Å². The first-order valence-electron chi connectivity index (χ1n) is 7.70. The summed E-state index contributed by atoms with van der Waals surface area (Å²) in [5, 5.41) is 3.38. The van der Waals surface area contributed by atoms with Gasteiger partial charge in [0.1, 0.15) is 0 Å². The maximum atomic E-state index is 5.98.